The Morgan fingerprint density at radius 1 is 1.38 bits per heavy atom. The SMILES string of the molecule is CNC(=O)CNCC1CCC2(CCCC2)O1. The number of likely N-dealkylation sites (N-methyl/N-ethyl adjacent to an activating group) is 1. The van der Waals surface area contributed by atoms with Crippen LogP contribution in [0.2, 0.25) is 0 Å². The van der Waals surface area contributed by atoms with Crippen LogP contribution in [0, 0.1) is 0 Å². The van der Waals surface area contributed by atoms with Crippen LogP contribution in [0.4, 0.5) is 0 Å². The second kappa shape index (κ2) is 5.15. The summed E-state index contributed by atoms with van der Waals surface area (Å²) >= 11 is 0. The van der Waals surface area contributed by atoms with Crippen molar-refractivity contribution in [3.05, 3.63) is 0 Å². The predicted molar refractivity (Wildman–Crippen MR) is 62.2 cm³/mol. The summed E-state index contributed by atoms with van der Waals surface area (Å²) in [5.41, 5.74) is 0.208. The van der Waals surface area contributed by atoms with Crippen LogP contribution in [0.1, 0.15) is 38.5 Å². The molecule has 2 rings (SSSR count). The molecule has 1 heterocycles. The molecule has 1 aliphatic carbocycles. The number of hydrogen-bond acceptors (Lipinski definition) is 3. The van der Waals surface area contributed by atoms with Crippen molar-refractivity contribution in [3.8, 4) is 0 Å². The topological polar surface area (TPSA) is 50.4 Å². The monoisotopic (exact) mass is 226 g/mol. The van der Waals surface area contributed by atoms with Crippen molar-refractivity contribution < 1.29 is 9.53 Å². The zero-order valence-electron chi connectivity index (χ0n) is 10.1. The van der Waals surface area contributed by atoms with Gasteiger partial charge in [0.1, 0.15) is 0 Å². The van der Waals surface area contributed by atoms with Gasteiger partial charge in [-0.2, -0.15) is 0 Å². The molecule has 4 nitrogen and oxygen atoms in total. The van der Waals surface area contributed by atoms with Crippen molar-refractivity contribution >= 4 is 5.91 Å². The van der Waals surface area contributed by atoms with Crippen molar-refractivity contribution in [3.63, 3.8) is 0 Å². The maximum atomic E-state index is 11.0. The van der Waals surface area contributed by atoms with E-state index in [4.69, 9.17) is 4.74 Å². The summed E-state index contributed by atoms with van der Waals surface area (Å²) in [6.45, 7) is 1.19. The number of carbonyl (C=O) groups is 1. The molecule has 1 saturated heterocycles. The van der Waals surface area contributed by atoms with Crippen molar-refractivity contribution in [2.75, 3.05) is 20.1 Å². The molecular weight excluding hydrogens is 204 g/mol. The predicted octanol–water partition coefficient (Wildman–Crippen LogP) is 0.814. The summed E-state index contributed by atoms with van der Waals surface area (Å²) in [7, 11) is 1.66. The van der Waals surface area contributed by atoms with Gasteiger partial charge in [0.25, 0.3) is 0 Å². The van der Waals surface area contributed by atoms with Gasteiger partial charge in [-0.3, -0.25) is 4.79 Å². The molecule has 16 heavy (non-hydrogen) atoms. The summed E-state index contributed by atoms with van der Waals surface area (Å²) in [6.07, 6.45) is 7.76. The lowest BCUT2D eigenvalue weighted by atomic mass is 9.98. The quantitative estimate of drug-likeness (QED) is 0.746. The Bertz CT molecular complexity index is 249. The van der Waals surface area contributed by atoms with Crippen LogP contribution in [0.15, 0.2) is 0 Å². The second-order valence-corrected chi connectivity index (χ2v) is 4.97. The molecule has 1 amide bonds. The molecule has 0 radical (unpaired) electrons. The molecule has 1 atom stereocenters. The number of amides is 1. The van der Waals surface area contributed by atoms with Crippen molar-refractivity contribution in [1.29, 1.82) is 0 Å². The van der Waals surface area contributed by atoms with Gasteiger partial charge in [-0.15, -0.1) is 0 Å². The van der Waals surface area contributed by atoms with Crippen LogP contribution in [0.25, 0.3) is 0 Å². The fraction of sp³-hybridized carbons (Fsp3) is 0.917. The Morgan fingerprint density at radius 3 is 2.81 bits per heavy atom. The highest BCUT2D eigenvalue weighted by Gasteiger charge is 2.41. The molecule has 4 heteroatoms. The summed E-state index contributed by atoms with van der Waals surface area (Å²) in [5, 5.41) is 5.74. The van der Waals surface area contributed by atoms with Crippen molar-refractivity contribution in [2.24, 2.45) is 0 Å². The van der Waals surface area contributed by atoms with Gasteiger partial charge in [-0.05, 0) is 25.7 Å². The first-order chi connectivity index (χ1) is 7.74. The smallest absolute Gasteiger partial charge is 0.233 e. The van der Waals surface area contributed by atoms with Crippen LogP contribution < -0.4 is 10.6 Å². The van der Waals surface area contributed by atoms with E-state index in [2.05, 4.69) is 10.6 Å². The van der Waals surface area contributed by atoms with Gasteiger partial charge in [-0.1, -0.05) is 12.8 Å². The largest absolute Gasteiger partial charge is 0.370 e. The standard InChI is InChI=1S/C12H22N2O2/c1-13-11(15)9-14-8-10-4-7-12(16-10)5-2-3-6-12/h10,14H,2-9H2,1H3,(H,13,15). The number of carbonyl (C=O) groups excluding carboxylic acids is 1. The molecule has 1 aliphatic heterocycles. The first kappa shape index (κ1) is 11.9. The zero-order valence-corrected chi connectivity index (χ0v) is 10.1. The summed E-state index contributed by atoms with van der Waals surface area (Å²) < 4.78 is 6.13. The summed E-state index contributed by atoms with van der Waals surface area (Å²) in [4.78, 5) is 11.0. The minimum atomic E-state index is 0.0357. The molecule has 2 fully saturated rings. The Kier molecular flexibility index (Phi) is 3.82. The lowest BCUT2D eigenvalue weighted by molar-refractivity contribution is -0.119. The molecule has 1 unspecified atom stereocenters. The highest BCUT2D eigenvalue weighted by molar-refractivity contribution is 5.77. The minimum absolute atomic E-state index is 0.0357. The van der Waals surface area contributed by atoms with Gasteiger partial charge in [-0.25, -0.2) is 0 Å². The van der Waals surface area contributed by atoms with E-state index >= 15 is 0 Å². The van der Waals surface area contributed by atoms with E-state index in [-0.39, 0.29) is 11.5 Å². The second-order valence-electron chi connectivity index (χ2n) is 4.97. The lowest BCUT2D eigenvalue weighted by Gasteiger charge is -2.23. The molecule has 92 valence electrons. The van der Waals surface area contributed by atoms with E-state index in [1.54, 1.807) is 7.05 Å². The fourth-order valence-corrected chi connectivity index (χ4v) is 2.86. The molecule has 0 aromatic rings. The van der Waals surface area contributed by atoms with Gasteiger partial charge in [0.05, 0.1) is 18.2 Å². The molecule has 2 aliphatic rings. The summed E-state index contributed by atoms with van der Waals surface area (Å²) in [6, 6.07) is 0. The number of rotatable bonds is 4. The van der Waals surface area contributed by atoms with Gasteiger partial charge in [0, 0.05) is 13.6 Å². The first-order valence-corrected chi connectivity index (χ1v) is 6.33. The van der Waals surface area contributed by atoms with E-state index in [0.717, 1.165) is 13.0 Å². The van der Waals surface area contributed by atoms with E-state index in [1.165, 1.54) is 32.1 Å². The third kappa shape index (κ3) is 2.74. The fourth-order valence-electron chi connectivity index (χ4n) is 2.86. The summed E-state index contributed by atoms with van der Waals surface area (Å²) in [5.74, 6) is 0.0357. The normalized spacial score (nSPS) is 27.4. The first-order valence-electron chi connectivity index (χ1n) is 6.33. The lowest BCUT2D eigenvalue weighted by Crippen LogP contribution is -2.36. The molecule has 0 bridgehead atoms. The Balaban J connectivity index is 1.67. The maximum absolute atomic E-state index is 11.0. The highest BCUT2D eigenvalue weighted by Crippen LogP contribution is 2.42. The highest BCUT2D eigenvalue weighted by atomic mass is 16.5. The van der Waals surface area contributed by atoms with E-state index in [0.29, 0.717) is 12.6 Å². The van der Waals surface area contributed by atoms with Crippen LogP contribution in [-0.4, -0.2) is 37.7 Å². The van der Waals surface area contributed by atoms with Crippen molar-refractivity contribution in [1.82, 2.24) is 10.6 Å². The van der Waals surface area contributed by atoms with Crippen molar-refractivity contribution in [2.45, 2.75) is 50.2 Å². The number of nitrogens with one attached hydrogen (secondary N) is 2. The Hall–Kier alpha value is -0.610. The van der Waals surface area contributed by atoms with E-state index in [1.807, 2.05) is 0 Å². The molecule has 2 N–H and O–H groups in total. The van der Waals surface area contributed by atoms with Crippen LogP contribution in [0.3, 0.4) is 0 Å². The number of ether oxygens (including phenoxy) is 1. The van der Waals surface area contributed by atoms with Gasteiger partial charge < -0.3 is 15.4 Å². The average molecular weight is 226 g/mol. The molecular formula is C12H22N2O2. The minimum Gasteiger partial charge on any atom is -0.370 e. The Morgan fingerprint density at radius 2 is 2.12 bits per heavy atom. The zero-order chi connectivity index (χ0) is 11.4. The van der Waals surface area contributed by atoms with E-state index in [9.17, 15) is 4.79 Å². The molecule has 0 aromatic heterocycles. The van der Waals surface area contributed by atoms with Gasteiger partial charge in [0.15, 0.2) is 0 Å². The van der Waals surface area contributed by atoms with E-state index < -0.39 is 0 Å². The Labute approximate surface area is 97.1 Å². The molecule has 1 saturated carbocycles. The maximum Gasteiger partial charge on any atom is 0.233 e. The van der Waals surface area contributed by atoms with Crippen LogP contribution in [0.5, 0.6) is 0 Å². The molecule has 0 aromatic carbocycles. The third-order valence-corrected chi connectivity index (χ3v) is 3.79. The average Bonchev–Trinajstić information content (AvgIpc) is 2.90. The van der Waals surface area contributed by atoms with Crippen LogP contribution >= 0.6 is 0 Å². The third-order valence-electron chi connectivity index (χ3n) is 3.79. The molecule has 1 spiro atoms. The van der Waals surface area contributed by atoms with Crippen LogP contribution in [-0.2, 0) is 9.53 Å². The number of hydrogen-bond donors (Lipinski definition) is 2. The van der Waals surface area contributed by atoms with Gasteiger partial charge >= 0.3 is 0 Å². The van der Waals surface area contributed by atoms with Gasteiger partial charge in [0.2, 0.25) is 5.91 Å².